The first-order valence-electron chi connectivity index (χ1n) is 8.40. The Morgan fingerprint density at radius 3 is 2.81 bits per heavy atom. The van der Waals surface area contributed by atoms with Crippen molar-refractivity contribution in [3.05, 3.63) is 29.8 Å². The smallest absolute Gasteiger partial charge is 0.368 e. The molecule has 1 saturated heterocycles. The number of guanidine groups is 1. The number of rotatable bonds is 6. The molecule has 0 spiro atoms. The molecule has 1 heterocycles. The van der Waals surface area contributed by atoms with Gasteiger partial charge in [0, 0.05) is 32.4 Å². The number of alkyl halides is 3. The Morgan fingerprint density at radius 2 is 2.15 bits per heavy atom. The molecule has 0 saturated carbocycles. The zero-order chi connectivity index (χ0) is 19.0. The zero-order valence-corrected chi connectivity index (χ0v) is 14.5. The first-order valence-corrected chi connectivity index (χ1v) is 8.40. The average molecular weight is 372 g/mol. The number of nitrogens with one attached hydrogen (secondary N) is 3. The van der Waals surface area contributed by atoms with Gasteiger partial charge in [-0.1, -0.05) is 12.1 Å². The standard InChI is InChI=1S/C17H23F3N4O2/c1-21-16(22-8-7-17(18,19)20)23-11-12-4-2-5-13(10-12)24-15(25)14-6-3-9-26-14/h2,4-5,10,14H,3,6-9,11H2,1H3,(H,24,25)(H2,21,22,23). The molecule has 144 valence electrons. The summed E-state index contributed by atoms with van der Waals surface area (Å²) in [4.78, 5) is 16.0. The molecule has 0 radical (unpaired) electrons. The Bertz CT molecular complexity index is 629. The zero-order valence-electron chi connectivity index (χ0n) is 14.5. The minimum Gasteiger partial charge on any atom is -0.368 e. The highest BCUT2D eigenvalue weighted by Gasteiger charge is 2.26. The molecule has 1 aromatic rings. The van der Waals surface area contributed by atoms with E-state index in [4.69, 9.17) is 4.74 Å². The van der Waals surface area contributed by atoms with E-state index in [1.54, 1.807) is 18.2 Å². The van der Waals surface area contributed by atoms with E-state index in [1.165, 1.54) is 7.05 Å². The average Bonchev–Trinajstić information content (AvgIpc) is 3.12. The Morgan fingerprint density at radius 1 is 1.35 bits per heavy atom. The van der Waals surface area contributed by atoms with E-state index >= 15 is 0 Å². The number of aliphatic imine (C=N–C) groups is 1. The molecule has 1 aromatic carbocycles. The molecule has 1 amide bonds. The topological polar surface area (TPSA) is 74.8 Å². The molecule has 1 fully saturated rings. The summed E-state index contributed by atoms with van der Waals surface area (Å²) < 4.78 is 41.9. The lowest BCUT2D eigenvalue weighted by Gasteiger charge is -2.14. The molecule has 26 heavy (non-hydrogen) atoms. The number of halogens is 3. The maximum absolute atomic E-state index is 12.2. The molecular formula is C17H23F3N4O2. The van der Waals surface area contributed by atoms with Crippen LogP contribution in [0.25, 0.3) is 0 Å². The van der Waals surface area contributed by atoms with Crippen LogP contribution in [0.5, 0.6) is 0 Å². The third-order valence-electron chi connectivity index (χ3n) is 3.80. The monoisotopic (exact) mass is 372 g/mol. The van der Waals surface area contributed by atoms with Gasteiger partial charge in [0.2, 0.25) is 0 Å². The lowest BCUT2D eigenvalue weighted by Crippen LogP contribution is -2.38. The second-order valence-corrected chi connectivity index (χ2v) is 5.91. The lowest BCUT2D eigenvalue weighted by molar-refractivity contribution is -0.132. The molecule has 1 aliphatic rings. The van der Waals surface area contributed by atoms with Crippen LogP contribution < -0.4 is 16.0 Å². The van der Waals surface area contributed by atoms with Gasteiger partial charge in [-0.15, -0.1) is 0 Å². The van der Waals surface area contributed by atoms with Crippen LogP contribution in [0.2, 0.25) is 0 Å². The van der Waals surface area contributed by atoms with Gasteiger partial charge in [-0.25, -0.2) is 0 Å². The second-order valence-electron chi connectivity index (χ2n) is 5.91. The van der Waals surface area contributed by atoms with Crippen LogP contribution in [-0.2, 0) is 16.1 Å². The SMILES string of the molecule is CN=C(NCCC(F)(F)F)NCc1cccc(NC(=O)C2CCCO2)c1. The van der Waals surface area contributed by atoms with E-state index in [9.17, 15) is 18.0 Å². The number of amides is 1. The van der Waals surface area contributed by atoms with Crippen molar-refractivity contribution in [2.75, 3.05) is 25.5 Å². The van der Waals surface area contributed by atoms with Crippen molar-refractivity contribution in [1.82, 2.24) is 10.6 Å². The highest BCUT2D eigenvalue weighted by atomic mass is 19.4. The van der Waals surface area contributed by atoms with E-state index in [0.29, 0.717) is 25.3 Å². The number of hydrogen-bond donors (Lipinski definition) is 3. The second kappa shape index (κ2) is 9.42. The summed E-state index contributed by atoms with van der Waals surface area (Å²) in [6, 6.07) is 7.20. The van der Waals surface area contributed by atoms with E-state index in [2.05, 4.69) is 20.9 Å². The van der Waals surface area contributed by atoms with E-state index < -0.39 is 18.7 Å². The van der Waals surface area contributed by atoms with Crippen LogP contribution in [0.1, 0.15) is 24.8 Å². The normalized spacial score (nSPS) is 17.8. The van der Waals surface area contributed by atoms with E-state index in [0.717, 1.165) is 12.0 Å². The molecular weight excluding hydrogens is 349 g/mol. The molecule has 0 aliphatic carbocycles. The minimum atomic E-state index is -4.21. The van der Waals surface area contributed by atoms with Gasteiger partial charge in [0.1, 0.15) is 6.10 Å². The number of nitrogens with zero attached hydrogens (tertiary/aromatic N) is 1. The van der Waals surface area contributed by atoms with E-state index in [1.807, 2.05) is 6.07 Å². The summed E-state index contributed by atoms with van der Waals surface area (Å²) >= 11 is 0. The van der Waals surface area contributed by atoms with Crippen LogP contribution in [0.15, 0.2) is 29.3 Å². The van der Waals surface area contributed by atoms with Crippen LogP contribution in [0.3, 0.4) is 0 Å². The maximum atomic E-state index is 12.2. The summed E-state index contributed by atoms with van der Waals surface area (Å²) in [5, 5.41) is 8.37. The number of carbonyl (C=O) groups is 1. The fraction of sp³-hybridized carbons (Fsp3) is 0.529. The van der Waals surface area contributed by atoms with Gasteiger partial charge in [-0.05, 0) is 30.5 Å². The number of hydrogen-bond acceptors (Lipinski definition) is 3. The van der Waals surface area contributed by atoms with Crippen LogP contribution in [-0.4, -0.2) is 44.3 Å². The summed E-state index contributed by atoms with van der Waals surface area (Å²) in [7, 11) is 1.49. The van der Waals surface area contributed by atoms with Crippen molar-refractivity contribution in [1.29, 1.82) is 0 Å². The predicted octanol–water partition coefficient (Wildman–Crippen LogP) is 2.42. The molecule has 3 N–H and O–H groups in total. The molecule has 9 heteroatoms. The largest absolute Gasteiger partial charge is 0.390 e. The molecule has 1 aliphatic heterocycles. The fourth-order valence-corrected chi connectivity index (χ4v) is 2.50. The van der Waals surface area contributed by atoms with Crippen molar-refractivity contribution in [3.8, 4) is 0 Å². The van der Waals surface area contributed by atoms with Gasteiger partial charge < -0.3 is 20.7 Å². The lowest BCUT2D eigenvalue weighted by atomic mass is 10.2. The van der Waals surface area contributed by atoms with Crippen molar-refractivity contribution in [3.63, 3.8) is 0 Å². The minimum absolute atomic E-state index is 0.169. The summed E-state index contributed by atoms with van der Waals surface area (Å²) in [6.07, 6.45) is -3.96. The van der Waals surface area contributed by atoms with Gasteiger partial charge in [0.15, 0.2) is 5.96 Å². The number of ether oxygens (including phenoxy) is 1. The van der Waals surface area contributed by atoms with Gasteiger partial charge in [-0.2, -0.15) is 13.2 Å². The van der Waals surface area contributed by atoms with Crippen LogP contribution in [0, 0.1) is 0 Å². The third-order valence-corrected chi connectivity index (χ3v) is 3.80. The van der Waals surface area contributed by atoms with Crippen molar-refractivity contribution >= 4 is 17.6 Å². The van der Waals surface area contributed by atoms with Gasteiger partial charge in [0.25, 0.3) is 5.91 Å². The first-order chi connectivity index (χ1) is 12.4. The summed E-state index contributed by atoms with van der Waals surface area (Å²) in [5.74, 6) is 0.111. The molecule has 1 atom stereocenters. The third kappa shape index (κ3) is 6.91. The van der Waals surface area contributed by atoms with Gasteiger partial charge in [0.05, 0.1) is 6.42 Å². The van der Waals surface area contributed by atoms with Gasteiger partial charge >= 0.3 is 6.18 Å². The molecule has 2 rings (SSSR count). The van der Waals surface area contributed by atoms with Crippen molar-refractivity contribution < 1.29 is 22.7 Å². The highest BCUT2D eigenvalue weighted by Crippen LogP contribution is 2.18. The predicted molar refractivity (Wildman–Crippen MR) is 92.9 cm³/mol. The first kappa shape index (κ1) is 20.0. The highest BCUT2D eigenvalue weighted by molar-refractivity contribution is 5.94. The number of carbonyl (C=O) groups excluding carboxylic acids is 1. The number of anilines is 1. The van der Waals surface area contributed by atoms with Gasteiger partial charge in [-0.3, -0.25) is 9.79 Å². The van der Waals surface area contributed by atoms with Crippen molar-refractivity contribution in [2.24, 2.45) is 4.99 Å². The molecule has 6 nitrogen and oxygen atoms in total. The maximum Gasteiger partial charge on any atom is 0.390 e. The van der Waals surface area contributed by atoms with Crippen molar-refractivity contribution in [2.45, 2.75) is 38.1 Å². The van der Waals surface area contributed by atoms with Crippen LogP contribution >= 0.6 is 0 Å². The number of benzene rings is 1. The Hall–Kier alpha value is -2.29. The molecule has 0 aromatic heterocycles. The quantitative estimate of drug-likeness (QED) is 0.530. The Kier molecular flexibility index (Phi) is 7.26. The molecule has 1 unspecified atom stereocenters. The summed E-state index contributed by atoms with van der Waals surface area (Å²) in [6.45, 7) is 0.707. The van der Waals surface area contributed by atoms with E-state index in [-0.39, 0.29) is 18.4 Å². The van der Waals surface area contributed by atoms with Crippen LogP contribution in [0.4, 0.5) is 18.9 Å². The Labute approximate surface area is 150 Å². The summed E-state index contributed by atoms with van der Waals surface area (Å²) in [5.41, 5.74) is 1.50. The fourth-order valence-electron chi connectivity index (χ4n) is 2.50. The Balaban J connectivity index is 1.82. The molecule has 0 bridgehead atoms.